The molecule has 0 bridgehead atoms. The summed E-state index contributed by atoms with van der Waals surface area (Å²) in [6, 6.07) is 10.1. The molecule has 0 saturated carbocycles. The maximum Gasteiger partial charge on any atom is 0.181 e. The average molecular weight is 325 g/mol. The van der Waals surface area contributed by atoms with E-state index in [9.17, 15) is 0 Å². The van der Waals surface area contributed by atoms with Gasteiger partial charge >= 0.3 is 0 Å². The Balaban J connectivity index is 1.64. The van der Waals surface area contributed by atoms with E-state index in [0.717, 1.165) is 55.5 Å². The van der Waals surface area contributed by atoms with Crippen LogP contribution >= 0.6 is 0 Å². The van der Waals surface area contributed by atoms with E-state index in [1.807, 2.05) is 41.2 Å². The molecule has 1 aliphatic heterocycles. The van der Waals surface area contributed by atoms with Gasteiger partial charge in [-0.1, -0.05) is 32.0 Å². The molecule has 2 aromatic heterocycles. The van der Waals surface area contributed by atoms with Crippen molar-refractivity contribution in [1.82, 2.24) is 24.6 Å². The van der Waals surface area contributed by atoms with Crippen LogP contribution in [0.2, 0.25) is 0 Å². The fourth-order valence-corrected chi connectivity index (χ4v) is 3.27. The Labute approximate surface area is 141 Å². The lowest BCUT2D eigenvalue weighted by atomic mass is 9.91. The lowest BCUT2D eigenvalue weighted by molar-refractivity contribution is 0.0290. The van der Waals surface area contributed by atoms with Gasteiger partial charge in [-0.2, -0.15) is 5.10 Å². The summed E-state index contributed by atoms with van der Waals surface area (Å²) in [6.07, 6.45) is 1.85. The summed E-state index contributed by atoms with van der Waals surface area (Å²) in [5, 5.41) is 4.46. The van der Waals surface area contributed by atoms with Crippen LogP contribution in [0.1, 0.15) is 19.7 Å². The van der Waals surface area contributed by atoms with Crippen molar-refractivity contribution in [1.29, 1.82) is 0 Å². The van der Waals surface area contributed by atoms with Crippen LogP contribution in [0.5, 0.6) is 0 Å². The summed E-state index contributed by atoms with van der Waals surface area (Å²) in [6.45, 7) is 9.05. The van der Waals surface area contributed by atoms with E-state index < -0.39 is 0 Å². The Morgan fingerprint density at radius 2 is 1.92 bits per heavy atom. The van der Waals surface area contributed by atoms with Crippen LogP contribution in [-0.2, 0) is 10.2 Å². The standard InChI is InChI=1S/C18H23N5O/c1-18(2,13-22-8-10-24-11-9-22)17-20-15-12-19-23(16(15)21-17)14-6-4-3-5-7-14/h3-7,12H,8-11,13H2,1-2H3,(H,20,21). The zero-order valence-electron chi connectivity index (χ0n) is 14.2. The largest absolute Gasteiger partial charge is 0.379 e. The first kappa shape index (κ1) is 15.4. The van der Waals surface area contributed by atoms with Crippen LogP contribution in [-0.4, -0.2) is 57.5 Å². The number of nitrogens with zero attached hydrogens (tertiary/aromatic N) is 4. The second kappa shape index (κ2) is 6.03. The van der Waals surface area contributed by atoms with E-state index in [1.54, 1.807) is 0 Å². The molecular formula is C18H23N5O. The number of benzene rings is 1. The number of morpholine rings is 1. The summed E-state index contributed by atoms with van der Waals surface area (Å²) >= 11 is 0. The van der Waals surface area contributed by atoms with Gasteiger partial charge in [0.2, 0.25) is 0 Å². The maximum absolute atomic E-state index is 5.44. The third-order valence-electron chi connectivity index (χ3n) is 4.58. The van der Waals surface area contributed by atoms with Gasteiger partial charge in [-0.3, -0.25) is 4.90 Å². The predicted octanol–water partition coefficient (Wildman–Crippen LogP) is 2.36. The number of imidazole rings is 1. The minimum absolute atomic E-state index is 0.0577. The maximum atomic E-state index is 5.44. The van der Waals surface area contributed by atoms with E-state index in [-0.39, 0.29) is 5.41 Å². The third kappa shape index (κ3) is 2.83. The van der Waals surface area contributed by atoms with Crippen molar-refractivity contribution < 1.29 is 4.74 Å². The minimum atomic E-state index is -0.0577. The smallest absolute Gasteiger partial charge is 0.181 e. The average Bonchev–Trinajstić information content (AvgIpc) is 3.17. The van der Waals surface area contributed by atoms with E-state index in [0.29, 0.717) is 0 Å². The molecule has 1 aliphatic rings. The number of rotatable bonds is 4. The Bertz CT molecular complexity index is 814. The summed E-state index contributed by atoms with van der Waals surface area (Å²) in [7, 11) is 0. The second-order valence-corrected chi connectivity index (χ2v) is 6.99. The van der Waals surface area contributed by atoms with Crippen LogP contribution in [0.25, 0.3) is 16.9 Å². The third-order valence-corrected chi connectivity index (χ3v) is 4.58. The van der Waals surface area contributed by atoms with Crippen LogP contribution in [0.15, 0.2) is 36.5 Å². The van der Waals surface area contributed by atoms with Crippen LogP contribution in [0, 0.1) is 0 Å². The number of H-pyrrole nitrogens is 1. The summed E-state index contributed by atoms with van der Waals surface area (Å²) in [5.74, 6) is 1.01. The molecule has 1 saturated heterocycles. The first-order valence-corrected chi connectivity index (χ1v) is 8.43. The number of nitrogens with one attached hydrogen (secondary N) is 1. The van der Waals surface area contributed by atoms with Crippen molar-refractivity contribution in [2.75, 3.05) is 32.8 Å². The van der Waals surface area contributed by atoms with Crippen molar-refractivity contribution in [2.45, 2.75) is 19.3 Å². The highest BCUT2D eigenvalue weighted by Crippen LogP contribution is 2.26. The predicted molar refractivity (Wildman–Crippen MR) is 93.5 cm³/mol. The Morgan fingerprint density at radius 3 is 2.67 bits per heavy atom. The van der Waals surface area contributed by atoms with Crippen molar-refractivity contribution >= 4 is 11.2 Å². The fraction of sp³-hybridized carbons (Fsp3) is 0.444. The molecule has 0 aliphatic carbocycles. The topological polar surface area (TPSA) is 59.0 Å². The molecule has 0 spiro atoms. The summed E-state index contributed by atoms with van der Waals surface area (Å²) in [5.41, 5.74) is 2.82. The molecule has 3 heterocycles. The Hall–Kier alpha value is -2.18. The molecule has 4 rings (SSSR count). The molecule has 1 aromatic carbocycles. The van der Waals surface area contributed by atoms with E-state index in [1.165, 1.54) is 0 Å². The van der Waals surface area contributed by atoms with E-state index in [2.05, 4.69) is 28.8 Å². The van der Waals surface area contributed by atoms with Gasteiger partial charge in [0.15, 0.2) is 5.65 Å². The van der Waals surface area contributed by atoms with Gasteiger partial charge in [-0.15, -0.1) is 0 Å². The molecule has 0 atom stereocenters. The SMILES string of the molecule is CC(C)(CN1CCOCC1)c1nc2c(cnn2-c2ccccc2)[nH]1. The molecule has 0 amide bonds. The van der Waals surface area contributed by atoms with Gasteiger partial charge in [0.05, 0.1) is 25.1 Å². The normalized spacial score (nSPS) is 16.8. The first-order chi connectivity index (χ1) is 11.6. The highest BCUT2D eigenvalue weighted by molar-refractivity contribution is 5.72. The molecule has 1 N–H and O–H groups in total. The van der Waals surface area contributed by atoms with E-state index in [4.69, 9.17) is 9.72 Å². The lowest BCUT2D eigenvalue weighted by Gasteiger charge is -2.33. The number of aromatic amines is 1. The molecule has 0 unspecified atom stereocenters. The number of para-hydroxylation sites is 1. The monoisotopic (exact) mass is 325 g/mol. The molecule has 6 nitrogen and oxygen atoms in total. The molecule has 1 fully saturated rings. The zero-order valence-corrected chi connectivity index (χ0v) is 14.2. The van der Waals surface area contributed by atoms with Gasteiger partial charge in [0.25, 0.3) is 0 Å². The summed E-state index contributed by atoms with van der Waals surface area (Å²) in [4.78, 5) is 10.8. The molecule has 3 aromatic rings. The number of hydrogen-bond donors (Lipinski definition) is 1. The number of hydrogen-bond acceptors (Lipinski definition) is 4. The molecule has 0 radical (unpaired) electrons. The highest BCUT2D eigenvalue weighted by atomic mass is 16.5. The van der Waals surface area contributed by atoms with Crippen molar-refractivity contribution in [3.05, 3.63) is 42.4 Å². The zero-order chi connectivity index (χ0) is 16.6. The molecule has 126 valence electrons. The Morgan fingerprint density at radius 1 is 1.17 bits per heavy atom. The van der Waals surface area contributed by atoms with Crippen molar-refractivity contribution in [2.24, 2.45) is 0 Å². The van der Waals surface area contributed by atoms with Crippen LogP contribution in [0.3, 0.4) is 0 Å². The van der Waals surface area contributed by atoms with E-state index >= 15 is 0 Å². The van der Waals surface area contributed by atoms with Gasteiger partial charge in [-0.05, 0) is 12.1 Å². The van der Waals surface area contributed by atoms with Crippen molar-refractivity contribution in [3.63, 3.8) is 0 Å². The first-order valence-electron chi connectivity index (χ1n) is 8.43. The number of fused-ring (bicyclic) bond motifs is 1. The lowest BCUT2D eigenvalue weighted by Crippen LogP contribution is -2.43. The molecular weight excluding hydrogens is 302 g/mol. The van der Waals surface area contributed by atoms with Crippen molar-refractivity contribution in [3.8, 4) is 5.69 Å². The Kier molecular flexibility index (Phi) is 3.86. The summed E-state index contributed by atoms with van der Waals surface area (Å²) < 4.78 is 7.33. The quantitative estimate of drug-likeness (QED) is 0.800. The number of ether oxygens (including phenoxy) is 1. The van der Waals surface area contributed by atoms with Gasteiger partial charge in [-0.25, -0.2) is 9.67 Å². The second-order valence-electron chi connectivity index (χ2n) is 6.99. The number of aromatic nitrogens is 4. The van der Waals surface area contributed by atoms with Gasteiger partial charge < -0.3 is 9.72 Å². The van der Waals surface area contributed by atoms with Gasteiger partial charge in [0, 0.05) is 25.0 Å². The molecule has 24 heavy (non-hydrogen) atoms. The fourth-order valence-electron chi connectivity index (χ4n) is 3.27. The minimum Gasteiger partial charge on any atom is -0.379 e. The van der Waals surface area contributed by atoms with Crippen LogP contribution < -0.4 is 0 Å². The van der Waals surface area contributed by atoms with Crippen LogP contribution in [0.4, 0.5) is 0 Å². The molecule has 6 heteroatoms. The highest BCUT2D eigenvalue weighted by Gasteiger charge is 2.29. The van der Waals surface area contributed by atoms with Gasteiger partial charge in [0.1, 0.15) is 11.3 Å².